The molecule has 0 bridgehead atoms. The number of furan rings is 1. The molecule has 0 saturated heterocycles. The van der Waals surface area contributed by atoms with E-state index in [1.807, 2.05) is 0 Å². The van der Waals surface area contributed by atoms with Crippen LogP contribution in [0, 0.1) is 10.1 Å². The van der Waals surface area contributed by atoms with Crippen molar-refractivity contribution < 1.29 is 14.1 Å². The van der Waals surface area contributed by atoms with Gasteiger partial charge in [0, 0.05) is 18.6 Å². The Labute approximate surface area is 85.4 Å². The number of nitro groups is 1. The Hall–Kier alpha value is -1.88. The number of para-hydroxylation sites is 1. The monoisotopic (exact) mass is 207 g/mol. The third-order valence-corrected chi connectivity index (χ3v) is 2.06. The molecule has 0 radical (unpaired) electrons. The van der Waals surface area contributed by atoms with Gasteiger partial charge in [0.15, 0.2) is 0 Å². The normalized spacial score (nSPS) is 10.7. The summed E-state index contributed by atoms with van der Waals surface area (Å²) >= 11 is 0. The zero-order chi connectivity index (χ0) is 10.8. The number of methoxy groups -OCH3 is 1. The van der Waals surface area contributed by atoms with Crippen molar-refractivity contribution in [2.24, 2.45) is 0 Å². The molecule has 15 heavy (non-hydrogen) atoms. The second-order valence-corrected chi connectivity index (χ2v) is 3.10. The van der Waals surface area contributed by atoms with Crippen molar-refractivity contribution in [2.45, 2.75) is 6.61 Å². The average molecular weight is 207 g/mol. The quantitative estimate of drug-likeness (QED) is 0.572. The summed E-state index contributed by atoms with van der Waals surface area (Å²) < 4.78 is 10.2. The Bertz CT molecular complexity index is 503. The Kier molecular flexibility index (Phi) is 2.39. The van der Waals surface area contributed by atoms with Gasteiger partial charge in [-0.05, 0) is 6.07 Å². The smallest absolute Gasteiger partial charge is 0.312 e. The molecule has 78 valence electrons. The molecule has 1 aromatic carbocycles. The molecule has 0 atom stereocenters. The summed E-state index contributed by atoms with van der Waals surface area (Å²) in [6, 6.07) is 6.56. The first-order chi connectivity index (χ1) is 7.22. The van der Waals surface area contributed by atoms with Gasteiger partial charge in [0.2, 0.25) is 5.58 Å². The van der Waals surface area contributed by atoms with Crippen LogP contribution in [0.3, 0.4) is 0 Å². The fourth-order valence-corrected chi connectivity index (χ4v) is 1.46. The van der Waals surface area contributed by atoms with E-state index in [2.05, 4.69) is 0 Å². The molecule has 5 nitrogen and oxygen atoms in total. The summed E-state index contributed by atoms with van der Waals surface area (Å²) in [4.78, 5) is 10.2. The number of ether oxygens (including phenoxy) is 1. The van der Waals surface area contributed by atoms with E-state index in [-0.39, 0.29) is 5.69 Å². The van der Waals surface area contributed by atoms with E-state index >= 15 is 0 Å². The van der Waals surface area contributed by atoms with Crippen molar-refractivity contribution in [3.63, 3.8) is 0 Å². The highest BCUT2D eigenvalue weighted by atomic mass is 16.6. The zero-order valence-corrected chi connectivity index (χ0v) is 8.10. The van der Waals surface area contributed by atoms with Crippen LogP contribution in [0.4, 0.5) is 5.69 Å². The van der Waals surface area contributed by atoms with Crippen molar-refractivity contribution in [1.82, 2.24) is 0 Å². The number of fused-ring (bicyclic) bond motifs is 1. The van der Waals surface area contributed by atoms with E-state index in [9.17, 15) is 10.1 Å². The second-order valence-electron chi connectivity index (χ2n) is 3.10. The lowest BCUT2D eigenvalue weighted by Gasteiger charge is -1.92. The lowest BCUT2D eigenvalue weighted by Crippen LogP contribution is -1.87. The summed E-state index contributed by atoms with van der Waals surface area (Å²) in [5, 5.41) is 11.4. The third kappa shape index (κ3) is 1.69. The van der Waals surface area contributed by atoms with Crippen LogP contribution in [0.25, 0.3) is 11.0 Å². The molecule has 0 spiro atoms. The first-order valence-electron chi connectivity index (χ1n) is 4.37. The van der Waals surface area contributed by atoms with Crippen molar-refractivity contribution in [2.75, 3.05) is 7.11 Å². The number of nitrogens with zero attached hydrogens (tertiary/aromatic N) is 1. The van der Waals surface area contributed by atoms with Gasteiger partial charge >= 0.3 is 5.69 Å². The van der Waals surface area contributed by atoms with Crippen LogP contribution < -0.4 is 0 Å². The zero-order valence-electron chi connectivity index (χ0n) is 8.10. The number of benzene rings is 1. The molecule has 0 saturated carbocycles. The van der Waals surface area contributed by atoms with Crippen LogP contribution in [0.5, 0.6) is 0 Å². The van der Waals surface area contributed by atoms with Gasteiger partial charge in [-0.3, -0.25) is 10.1 Å². The number of hydrogen-bond donors (Lipinski definition) is 0. The first-order valence-corrected chi connectivity index (χ1v) is 4.37. The average Bonchev–Trinajstić information content (AvgIpc) is 2.59. The van der Waals surface area contributed by atoms with Crippen LogP contribution in [0.15, 0.2) is 28.7 Å². The number of rotatable bonds is 3. The van der Waals surface area contributed by atoms with Crippen LogP contribution >= 0.6 is 0 Å². The molecule has 1 aromatic heterocycles. The van der Waals surface area contributed by atoms with E-state index in [0.29, 0.717) is 18.0 Å². The Morgan fingerprint density at radius 1 is 1.53 bits per heavy atom. The van der Waals surface area contributed by atoms with Crippen molar-refractivity contribution in [3.05, 3.63) is 40.1 Å². The van der Waals surface area contributed by atoms with Crippen LogP contribution in [0.2, 0.25) is 0 Å². The molecule has 0 aliphatic heterocycles. The Morgan fingerprint density at radius 3 is 3.00 bits per heavy atom. The van der Waals surface area contributed by atoms with Gasteiger partial charge < -0.3 is 9.15 Å². The standard InChI is InChI=1S/C10H9NO4/c1-14-6-8-5-7-3-2-4-9(11(12)13)10(7)15-8/h2-5H,6H2,1H3. The van der Waals surface area contributed by atoms with E-state index in [1.165, 1.54) is 6.07 Å². The summed E-state index contributed by atoms with van der Waals surface area (Å²) in [6.45, 7) is 0.311. The molecule has 0 aliphatic carbocycles. The van der Waals surface area contributed by atoms with Crippen LogP contribution in [-0.2, 0) is 11.3 Å². The fraction of sp³-hybridized carbons (Fsp3) is 0.200. The minimum Gasteiger partial charge on any atom is -0.451 e. The highest BCUT2D eigenvalue weighted by Gasteiger charge is 2.15. The van der Waals surface area contributed by atoms with Crippen molar-refractivity contribution in [3.8, 4) is 0 Å². The lowest BCUT2D eigenvalue weighted by molar-refractivity contribution is -0.383. The topological polar surface area (TPSA) is 65.5 Å². The van der Waals surface area contributed by atoms with E-state index in [0.717, 1.165) is 5.39 Å². The van der Waals surface area contributed by atoms with Gasteiger partial charge in [-0.25, -0.2) is 0 Å². The maximum absolute atomic E-state index is 10.7. The van der Waals surface area contributed by atoms with Crippen LogP contribution in [-0.4, -0.2) is 12.0 Å². The van der Waals surface area contributed by atoms with E-state index < -0.39 is 4.92 Å². The van der Waals surface area contributed by atoms with Gasteiger partial charge in [0.1, 0.15) is 12.4 Å². The Balaban J connectivity index is 2.59. The molecule has 0 N–H and O–H groups in total. The van der Waals surface area contributed by atoms with Crippen molar-refractivity contribution >= 4 is 16.7 Å². The minimum absolute atomic E-state index is 0.0187. The van der Waals surface area contributed by atoms with Gasteiger partial charge in [0.05, 0.1) is 4.92 Å². The Morgan fingerprint density at radius 2 is 2.33 bits per heavy atom. The maximum Gasteiger partial charge on any atom is 0.312 e. The van der Waals surface area contributed by atoms with Gasteiger partial charge in [-0.2, -0.15) is 0 Å². The highest BCUT2D eigenvalue weighted by Crippen LogP contribution is 2.28. The van der Waals surface area contributed by atoms with Gasteiger partial charge in [-0.1, -0.05) is 12.1 Å². The maximum atomic E-state index is 10.7. The first kappa shape index (κ1) is 9.67. The summed E-state index contributed by atoms with van der Waals surface area (Å²) in [6.07, 6.45) is 0. The molecular weight excluding hydrogens is 198 g/mol. The lowest BCUT2D eigenvalue weighted by atomic mass is 10.2. The van der Waals surface area contributed by atoms with Gasteiger partial charge in [0.25, 0.3) is 0 Å². The largest absolute Gasteiger partial charge is 0.451 e. The van der Waals surface area contributed by atoms with E-state index in [4.69, 9.17) is 9.15 Å². The molecule has 0 aliphatic rings. The molecule has 2 aromatic rings. The number of hydrogen-bond acceptors (Lipinski definition) is 4. The predicted molar refractivity (Wildman–Crippen MR) is 53.6 cm³/mol. The minimum atomic E-state index is -0.456. The number of non-ortho nitro benzene ring substituents is 1. The molecule has 1 heterocycles. The SMILES string of the molecule is COCc1cc2cccc([N+](=O)[O-])c2o1. The van der Waals surface area contributed by atoms with Crippen molar-refractivity contribution in [1.29, 1.82) is 0 Å². The molecule has 0 fully saturated rings. The molecule has 2 rings (SSSR count). The summed E-state index contributed by atoms with van der Waals surface area (Å²) in [5.74, 6) is 0.585. The molecule has 0 amide bonds. The fourth-order valence-electron chi connectivity index (χ4n) is 1.46. The molecule has 5 heteroatoms. The van der Waals surface area contributed by atoms with Gasteiger partial charge in [-0.15, -0.1) is 0 Å². The molecule has 0 unspecified atom stereocenters. The number of nitro benzene ring substituents is 1. The van der Waals surface area contributed by atoms with E-state index in [1.54, 1.807) is 25.3 Å². The molecular formula is C10H9NO4. The third-order valence-electron chi connectivity index (χ3n) is 2.06. The highest BCUT2D eigenvalue weighted by molar-refractivity contribution is 5.86. The van der Waals surface area contributed by atoms with Crippen LogP contribution in [0.1, 0.15) is 5.76 Å². The summed E-state index contributed by atoms with van der Waals surface area (Å²) in [5.41, 5.74) is 0.282. The predicted octanol–water partition coefficient (Wildman–Crippen LogP) is 2.49. The summed E-state index contributed by atoms with van der Waals surface area (Å²) in [7, 11) is 1.54. The second kappa shape index (κ2) is 3.70.